The minimum absolute atomic E-state index is 0.0405. The third-order valence-corrected chi connectivity index (χ3v) is 6.40. The largest absolute Gasteiger partial charge is 0.379 e. The topological polar surface area (TPSA) is 61.9 Å². The lowest BCUT2D eigenvalue weighted by Crippen LogP contribution is -2.49. The molecule has 164 valence electrons. The standard InChI is InChI=1S/C24H28ClN3O3/c25-20-10-5-4-9-19(20)22(27-13-15-31-16-14-27)17-26-23(29)21-11-6-12-28(21)24(30)18-7-2-1-3-8-18/h1-5,7-10,21-22H,6,11-17H2,(H,26,29). The quantitative estimate of drug-likeness (QED) is 0.748. The number of amides is 2. The van der Waals surface area contributed by atoms with Crippen LogP contribution in [0.25, 0.3) is 0 Å². The van der Waals surface area contributed by atoms with E-state index in [1.807, 2.05) is 42.5 Å². The van der Waals surface area contributed by atoms with Gasteiger partial charge in [-0.3, -0.25) is 14.5 Å². The van der Waals surface area contributed by atoms with E-state index in [0.29, 0.717) is 43.3 Å². The third kappa shape index (κ3) is 5.09. The predicted molar refractivity (Wildman–Crippen MR) is 120 cm³/mol. The maximum atomic E-state index is 13.1. The van der Waals surface area contributed by atoms with E-state index < -0.39 is 6.04 Å². The van der Waals surface area contributed by atoms with Gasteiger partial charge in [-0.2, -0.15) is 0 Å². The molecule has 2 saturated heterocycles. The summed E-state index contributed by atoms with van der Waals surface area (Å²) in [6.45, 7) is 3.94. The number of nitrogens with one attached hydrogen (secondary N) is 1. The normalized spacial score (nSPS) is 20.4. The van der Waals surface area contributed by atoms with Crippen LogP contribution in [-0.2, 0) is 9.53 Å². The van der Waals surface area contributed by atoms with Gasteiger partial charge in [-0.05, 0) is 36.6 Å². The van der Waals surface area contributed by atoms with Crippen molar-refractivity contribution in [1.82, 2.24) is 15.1 Å². The first-order valence-corrected chi connectivity index (χ1v) is 11.2. The molecule has 2 unspecified atom stereocenters. The highest BCUT2D eigenvalue weighted by Crippen LogP contribution is 2.28. The van der Waals surface area contributed by atoms with Crippen molar-refractivity contribution in [2.24, 2.45) is 0 Å². The van der Waals surface area contributed by atoms with E-state index in [-0.39, 0.29) is 17.9 Å². The molecule has 7 heteroatoms. The Hall–Kier alpha value is -2.41. The highest BCUT2D eigenvalue weighted by atomic mass is 35.5. The van der Waals surface area contributed by atoms with Gasteiger partial charge >= 0.3 is 0 Å². The third-order valence-electron chi connectivity index (χ3n) is 6.06. The molecular formula is C24H28ClN3O3. The maximum Gasteiger partial charge on any atom is 0.254 e. The van der Waals surface area contributed by atoms with E-state index in [9.17, 15) is 9.59 Å². The van der Waals surface area contributed by atoms with Gasteiger partial charge in [0, 0.05) is 36.8 Å². The van der Waals surface area contributed by atoms with Crippen molar-refractivity contribution < 1.29 is 14.3 Å². The Balaban J connectivity index is 1.45. The van der Waals surface area contributed by atoms with E-state index >= 15 is 0 Å². The lowest BCUT2D eigenvalue weighted by Gasteiger charge is -2.35. The molecule has 2 aromatic rings. The molecular weight excluding hydrogens is 414 g/mol. The van der Waals surface area contributed by atoms with E-state index in [1.54, 1.807) is 17.0 Å². The molecule has 1 N–H and O–H groups in total. The van der Waals surface area contributed by atoms with Gasteiger partial charge < -0.3 is 15.0 Å². The predicted octanol–water partition coefficient (Wildman–Crippen LogP) is 3.13. The van der Waals surface area contributed by atoms with Crippen molar-refractivity contribution in [3.05, 3.63) is 70.7 Å². The summed E-state index contributed by atoms with van der Waals surface area (Å²) >= 11 is 6.49. The number of nitrogens with zero attached hydrogens (tertiary/aromatic N) is 2. The van der Waals surface area contributed by atoms with E-state index in [2.05, 4.69) is 10.2 Å². The number of carbonyl (C=O) groups is 2. The van der Waals surface area contributed by atoms with Crippen molar-refractivity contribution in [1.29, 1.82) is 0 Å². The van der Waals surface area contributed by atoms with Crippen LogP contribution in [-0.4, -0.2) is 67.0 Å². The SMILES string of the molecule is O=C(NCC(c1ccccc1Cl)N1CCOCC1)C1CCCN1C(=O)c1ccccc1. The van der Waals surface area contributed by atoms with Crippen LogP contribution in [0.3, 0.4) is 0 Å². The zero-order chi connectivity index (χ0) is 21.6. The Morgan fingerprint density at radius 3 is 2.48 bits per heavy atom. The average molecular weight is 442 g/mol. The van der Waals surface area contributed by atoms with Gasteiger partial charge in [-0.1, -0.05) is 48.0 Å². The van der Waals surface area contributed by atoms with Crippen LogP contribution in [0.1, 0.15) is 34.8 Å². The number of carbonyl (C=O) groups excluding carboxylic acids is 2. The molecule has 0 aromatic heterocycles. The molecule has 2 aliphatic heterocycles. The summed E-state index contributed by atoms with van der Waals surface area (Å²) in [6.07, 6.45) is 1.51. The molecule has 0 aliphatic carbocycles. The van der Waals surface area contributed by atoms with Crippen LogP contribution < -0.4 is 5.32 Å². The number of hydrogen-bond donors (Lipinski definition) is 1. The fourth-order valence-corrected chi connectivity index (χ4v) is 4.68. The summed E-state index contributed by atoms with van der Waals surface area (Å²) in [5.74, 6) is -0.193. The number of rotatable bonds is 6. The molecule has 6 nitrogen and oxygen atoms in total. The minimum atomic E-state index is -0.440. The number of benzene rings is 2. The van der Waals surface area contributed by atoms with Gasteiger partial charge in [0.25, 0.3) is 5.91 Å². The van der Waals surface area contributed by atoms with Gasteiger partial charge in [-0.25, -0.2) is 0 Å². The average Bonchev–Trinajstić information content (AvgIpc) is 3.31. The summed E-state index contributed by atoms with van der Waals surface area (Å²) in [6, 6.07) is 16.4. The fourth-order valence-electron chi connectivity index (χ4n) is 4.41. The number of morpholine rings is 1. The lowest BCUT2D eigenvalue weighted by molar-refractivity contribution is -0.125. The molecule has 2 aliphatic rings. The highest BCUT2D eigenvalue weighted by Gasteiger charge is 2.35. The van der Waals surface area contributed by atoms with Crippen LogP contribution in [0, 0.1) is 0 Å². The fraction of sp³-hybridized carbons (Fsp3) is 0.417. The van der Waals surface area contributed by atoms with Crippen LogP contribution in [0.15, 0.2) is 54.6 Å². The maximum absolute atomic E-state index is 13.1. The van der Waals surface area contributed by atoms with E-state index in [0.717, 1.165) is 25.1 Å². The molecule has 0 spiro atoms. The summed E-state index contributed by atoms with van der Waals surface area (Å²) in [5.41, 5.74) is 1.61. The molecule has 2 amide bonds. The van der Waals surface area contributed by atoms with Crippen molar-refractivity contribution in [3.8, 4) is 0 Å². The van der Waals surface area contributed by atoms with Gasteiger partial charge in [-0.15, -0.1) is 0 Å². The molecule has 0 radical (unpaired) electrons. The Kier molecular flexibility index (Phi) is 7.22. The molecule has 0 saturated carbocycles. The molecule has 2 aromatic carbocycles. The molecule has 0 bridgehead atoms. The lowest BCUT2D eigenvalue weighted by atomic mass is 10.0. The van der Waals surface area contributed by atoms with Gasteiger partial charge in [0.1, 0.15) is 6.04 Å². The number of hydrogen-bond acceptors (Lipinski definition) is 4. The summed E-state index contributed by atoms with van der Waals surface area (Å²) in [7, 11) is 0. The number of halogens is 1. The monoisotopic (exact) mass is 441 g/mol. The second-order valence-corrected chi connectivity index (χ2v) is 8.36. The van der Waals surface area contributed by atoms with E-state index in [1.165, 1.54) is 0 Å². The van der Waals surface area contributed by atoms with Crippen molar-refractivity contribution in [2.45, 2.75) is 24.9 Å². The first-order chi connectivity index (χ1) is 15.1. The first-order valence-electron chi connectivity index (χ1n) is 10.8. The number of ether oxygens (including phenoxy) is 1. The van der Waals surface area contributed by atoms with Crippen LogP contribution in [0.5, 0.6) is 0 Å². The second kappa shape index (κ2) is 10.3. The Labute approximate surface area is 188 Å². The van der Waals surface area contributed by atoms with E-state index in [4.69, 9.17) is 16.3 Å². The van der Waals surface area contributed by atoms with Crippen LogP contribution >= 0.6 is 11.6 Å². The van der Waals surface area contributed by atoms with Gasteiger partial charge in [0.15, 0.2) is 0 Å². The summed E-state index contributed by atoms with van der Waals surface area (Å²) in [4.78, 5) is 30.0. The second-order valence-electron chi connectivity index (χ2n) is 7.95. The zero-order valence-electron chi connectivity index (χ0n) is 17.5. The first kappa shape index (κ1) is 21.8. The Bertz CT molecular complexity index is 902. The summed E-state index contributed by atoms with van der Waals surface area (Å²) < 4.78 is 5.50. The van der Waals surface area contributed by atoms with Crippen molar-refractivity contribution in [3.63, 3.8) is 0 Å². The molecule has 31 heavy (non-hydrogen) atoms. The Morgan fingerprint density at radius 1 is 1.03 bits per heavy atom. The zero-order valence-corrected chi connectivity index (χ0v) is 18.3. The Morgan fingerprint density at radius 2 is 1.74 bits per heavy atom. The summed E-state index contributed by atoms with van der Waals surface area (Å²) in [5, 5.41) is 3.80. The van der Waals surface area contributed by atoms with Crippen LogP contribution in [0.2, 0.25) is 5.02 Å². The molecule has 2 fully saturated rings. The van der Waals surface area contributed by atoms with Crippen molar-refractivity contribution in [2.75, 3.05) is 39.4 Å². The highest BCUT2D eigenvalue weighted by molar-refractivity contribution is 6.31. The minimum Gasteiger partial charge on any atom is -0.379 e. The smallest absolute Gasteiger partial charge is 0.254 e. The van der Waals surface area contributed by atoms with Gasteiger partial charge in [0.05, 0.1) is 19.3 Å². The molecule has 2 heterocycles. The van der Waals surface area contributed by atoms with Gasteiger partial charge in [0.2, 0.25) is 5.91 Å². The van der Waals surface area contributed by atoms with Crippen molar-refractivity contribution >= 4 is 23.4 Å². The number of likely N-dealkylation sites (tertiary alicyclic amines) is 1. The molecule has 2 atom stereocenters. The van der Waals surface area contributed by atoms with Crippen LogP contribution in [0.4, 0.5) is 0 Å². The molecule has 4 rings (SSSR count).